The topological polar surface area (TPSA) is 208 Å². The number of carbonyl (C=O) groups excluding carboxylic acids is 6. The molecule has 4 aliphatic rings. The van der Waals surface area contributed by atoms with Crippen LogP contribution in [-0.4, -0.2) is 96.0 Å². The van der Waals surface area contributed by atoms with E-state index in [1.165, 1.54) is 11.0 Å². The van der Waals surface area contributed by atoms with Gasteiger partial charge in [-0.2, -0.15) is 0 Å². The van der Waals surface area contributed by atoms with Gasteiger partial charge in [-0.25, -0.2) is 18.2 Å². The summed E-state index contributed by atoms with van der Waals surface area (Å²) in [5.74, 6) is -2.97. The van der Waals surface area contributed by atoms with Crippen molar-refractivity contribution >= 4 is 56.3 Å². The smallest absolute Gasteiger partial charge is 0.432 e. The Morgan fingerprint density at radius 1 is 1.11 bits per heavy atom. The Morgan fingerprint density at radius 3 is 2.42 bits per heavy atom. The van der Waals surface area contributed by atoms with E-state index in [2.05, 4.69) is 21.6 Å². The van der Waals surface area contributed by atoms with Crippen molar-refractivity contribution in [3.05, 3.63) is 43.1 Å². The second-order valence-electron chi connectivity index (χ2n) is 15.1. The molecule has 0 unspecified atom stereocenters. The molecule has 5 amide bonds. The molecule has 0 radical (unpaired) electrons. The van der Waals surface area contributed by atoms with Gasteiger partial charge in [0.1, 0.15) is 17.9 Å². The second-order valence-corrected chi connectivity index (χ2v) is 17.1. The molecule has 16 nitrogen and oxygen atoms in total. The van der Waals surface area contributed by atoms with Gasteiger partial charge in [0.15, 0.2) is 5.78 Å². The molecule has 2 saturated carbocycles. The summed E-state index contributed by atoms with van der Waals surface area (Å²) in [7, 11) is -2.36. The first kappa shape index (κ1) is 37.7. The second kappa shape index (κ2) is 14.1. The predicted molar refractivity (Wildman–Crippen MR) is 187 cm³/mol. The van der Waals surface area contributed by atoms with E-state index in [1.54, 1.807) is 52.3 Å². The van der Waals surface area contributed by atoms with Gasteiger partial charge in [0.2, 0.25) is 27.7 Å². The number of hydrogen-bond acceptors (Lipinski definition) is 12. The van der Waals surface area contributed by atoms with Gasteiger partial charge in [0, 0.05) is 37.3 Å². The van der Waals surface area contributed by atoms with Gasteiger partial charge in [-0.1, -0.05) is 26.8 Å². The fourth-order valence-electron chi connectivity index (χ4n) is 6.95. The predicted octanol–water partition coefficient (Wildman–Crippen LogP) is 2.56. The summed E-state index contributed by atoms with van der Waals surface area (Å²) >= 11 is 0. The number of ether oxygens (including phenoxy) is 2. The van der Waals surface area contributed by atoms with Crippen LogP contribution in [-0.2, 0) is 38.8 Å². The summed E-state index contributed by atoms with van der Waals surface area (Å²) in [6.07, 6.45) is 1.55. The van der Waals surface area contributed by atoms with Crippen LogP contribution < -0.4 is 19.5 Å². The highest BCUT2D eigenvalue weighted by molar-refractivity contribution is 7.90. The van der Waals surface area contributed by atoms with Crippen LogP contribution in [0.1, 0.15) is 65.7 Å². The van der Waals surface area contributed by atoms with Crippen LogP contribution in [0.15, 0.2) is 43.1 Å². The molecule has 2 aliphatic heterocycles. The zero-order valence-electron chi connectivity index (χ0n) is 30.0. The molecular weight excluding hydrogens is 710 g/mol. The van der Waals surface area contributed by atoms with Crippen molar-refractivity contribution in [2.75, 3.05) is 13.7 Å². The molecule has 53 heavy (non-hydrogen) atoms. The highest BCUT2D eigenvalue weighted by Crippen LogP contribution is 2.57. The quantitative estimate of drug-likeness (QED) is 0.224. The van der Waals surface area contributed by atoms with Gasteiger partial charge < -0.3 is 24.5 Å². The fraction of sp³-hybridized carbons (Fsp3) is 0.528. The van der Waals surface area contributed by atoms with E-state index in [4.69, 9.17) is 14.3 Å². The number of methoxy groups -OCH3 is 1. The summed E-state index contributed by atoms with van der Waals surface area (Å²) < 4.78 is 39.2. The maximum atomic E-state index is 14.5. The number of rotatable bonds is 13. The fourth-order valence-corrected chi connectivity index (χ4v) is 8.33. The molecule has 4 fully saturated rings. The lowest BCUT2D eigenvalue weighted by molar-refractivity contribution is -0.171. The highest BCUT2D eigenvalue weighted by Gasteiger charge is 2.61. The van der Waals surface area contributed by atoms with E-state index in [-0.39, 0.29) is 44.5 Å². The third-order valence-corrected chi connectivity index (χ3v) is 12.1. The molecule has 17 heteroatoms. The molecule has 2 saturated heterocycles. The van der Waals surface area contributed by atoms with Crippen molar-refractivity contribution in [3.63, 3.8) is 0 Å². The van der Waals surface area contributed by atoms with Gasteiger partial charge >= 0.3 is 6.09 Å². The molecule has 284 valence electrons. The van der Waals surface area contributed by atoms with Crippen molar-refractivity contribution in [2.24, 2.45) is 16.7 Å². The number of allylic oxidation sites excluding steroid dienone is 1. The monoisotopic (exact) mass is 753 g/mol. The highest BCUT2D eigenvalue weighted by atomic mass is 32.2. The molecular formula is C36H43N5O11S. The number of hydrogen-bond donors (Lipinski definition) is 2. The van der Waals surface area contributed by atoms with Crippen LogP contribution in [0.4, 0.5) is 4.79 Å². The Morgan fingerprint density at radius 2 is 1.81 bits per heavy atom. The van der Waals surface area contributed by atoms with E-state index >= 15 is 0 Å². The minimum Gasteiger partial charge on any atom is -0.497 e. The lowest BCUT2D eigenvalue weighted by Crippen LogP contribution is -2.57. The number of nitrogens with one attached hydrogen (secondary N) is 2. The number of fused-ring (bicyclic) bond motifs is 1. The average Bonchev–Trinajstić information content (AvgIpc) is 4.02. The number of pyridine rings is 1. The van der Waals surface area contributed by atoms with Crippen molar-refractivity contribution in [1.82, 2.24) is 25.0 Å². The Bertz CT molecular complexity index is 1980. The van der Waals surface area contributed by atoms with Crippen LogP contribution in [0.25, 0.3) is 10.8 Å². The number of sulfonamides is 1. The molecule has 0 spiro atoms. The first-order valence-electron chi connectivity index (χ1n) is 17.4. The van der Waals surface area contributed by atoms with Gasteiger partial charge in [0.05, 0.1) is 30.4 Å². The van der Waals surface area contributed by atoms with Gasteiger partial charge in [-0.15, -0.1) is 11.6 Å². The van der Waals surface area contributed by atoms with Gasteiger partial charge in [0.25, 0.3) is 11.8 Å². The number of amides is 5. The first-order valence-corrected chi connectivity index (χ1v) is 19.0. The molecule has 2 aliphatic carbocycles. The maximum absolute atomic E-state index is 14.5. The van der Waals surface area contributed by atoms with Crippen LogP contribution in [0.2, 0.25) is 0 Å². The SMILES string of the molecule is C=C[C@@H]1C[C@]1(CC(=O)[C@@H]1C[C@@H](Oc2nccc3cc(OC)ccc23)CN1C(=O)[C@@H](NC(=O)ON1C(=O)CCC1=O)C(C)(C)C)C(=O)NS(=O)(=O)C1CC1. The van der Waals surface area contributed by atoms with Crippen molar-refractivity contribution < 1.29 is 51.5 Å². The summed E-state index contributed by atoms with van der Waals surface area (Å²) in [4.78, 5) is 90.2. The van der Waals surface area contributed by atoms with E-state index in [0.29, 0.717) is 29.0 Å². The number of carbonyl (C=O) groups is 6. The Labute approximate surface area is 306 Å². The zero-order valence-corrected chi connectivity index (χ0v) is 30.8. The van der Waals surface area contributed by atoms with E-state index in [9.17, 15) is 37.2 Å². The van der Waals surface area contributed by atoms with E-state index in [0.717, 1.165) is 5.39 Å². The largest absolute Gasteiger partial charge is 0.497 e. The van der Waals surface area contributed by atoms with Crippen LogP contribution in [0.3, 0.4) is 0 Å². The Balaban J connectivity index is 1.28. The molecule has 1 aromatic carbocycles. The van der Waals surface area contributed by atoms with E-state index < -0.39 is 85.7 Å². The number of benzene rings is 1. The number of likely N-dealkylation sites (tertiary alicyclic amines) is 1. The third-order valence-electron chi connectivity index (χ3n) is 10.2. The maximum Gasteiger partial charge on any atom is 0.432 e. The number of ketones is 1. The summed E-state index contributed by atoms with van der Waals surface area (Å²) in [5, 5.41) is 3.62. The molecule has 1 aromatic heterocycles. The van der Waals surface area contributed by atoms with Crippen molar-refractivity contribution in [1.29, 1.82) is 0 Å². The van der Waals surface area contributed by atoms with Crippen molar-refractivity contribution in [2.45, 2.75) is 89.2 Å². The number of hydroxylamine groups is 2. The number of imide groups is 1. The normalized spacial score (nSPS) is 24.8. The molecule has 3 heterocycles. The molecule has 5 atom stereocenters. The average molecular weight is 754 g/mol. The standard InChI is InChI=1S/C36H43N5O11S/c1-6-21-17-36(21,33(46)39-53(48,49)24-8-9-24)18-27(42)26-16-23(51-31-25-10-7-22(50-5)15-20(25)13-14-37-31)19-40(26)32(45)30(35(2,3)4)38-34(47)52-41-28(43)11-12-29(41)44/h6-7,10,13-15,21,23-24,26,30H,1,8-9,11-12,16-19H2,2-5H3,(H,38,47)(H,39,46)/t21-,23-,26+,30-,36-/m1/s1. The van der Waals surface area contributed by atoms with Crippen molar-refractivity contribution in [3.8, 4) is 11.6 Å². The number of Topliss-reactive ketones (excluding diaryl/α,β-unsaturated/α-hetero) is 1. The Hall–Kier alpha value is -5.06. The summed E-state index contributed by atoms with van der Waals surface area (Å²) in [5.41, 5.74) is -2.34. The summed E-state index contributed by atoms with van der Waals surface area (Å²) in [6, 6.07) is 4.64. The molecule has 6 rings (SSSR count). The molecule has 0 bridgehead atoms. The van der Waals surface area contributed by atoms with Crippen LogP contribution in [0, 0.1) is 16.7 Å². The minimum atomic E-state index is -3.90. The molecule has 2 N–H and O–H groups in total. The van der Waals surface area contributed by atoms with Gasteiger partial charge in [-0.3, -0.25) is 28.7 Å². The molecule has 2 aromatic rings. The Kier molecular flexibility index (Phi) is 10.00. The lowest BCUT2D eigenvalue weighted by Gasteiger charge is -2.35. The third kappa shape index (κ3) is 7.70. The van der Waals surface area contributed by atoms with Crippen LogP contribution in [0.5, 0.6) is 11.6 Å². The number of aromatic nitrogens is 1. The van der Waals surface area contributed by atoms with Crippen LogP contribution >= 0.6 is 0 Å². The number of nitrogens with zero attached hydrogens (tertiary/aromatic N) is 3. The van der Waals surface area contributed by atoms with E-state index in [1.807, 2.05) is 6.07 Å². The lowest BCUT2D eigenvalue weighted by atomic mass is 9.85. The minimum absolute atomic E-state index is 0.00624. The first-order chi connectivity index (χ1) is 25.0. The van der Waals surface area contributed by atoms with Gasteiger partial charge in [-0.05, 0) is 60.2 Å². The summed E-state index contributed by atoms with van der Waals surface area (Å²) in [6.45, 7) is 8.69. The zero-order chi connectivity index (χ0) is 38.5.